The highest BCUT2D eigenvalue weighted by Gasteiger charge is 1.84. The molecule has 0 radical (unpaired) electrons. The Kier molecular flexibility index (Phi) is 39.8. The van der Waals surface area contributed by atoms with Crippen LogP contribution >= 0.6 is 0 Å². The van der Waals surface area contributed by atoms with E-state index in [4.69, 9.17) is 34.6 Å². The Labute approximate surface area is 138 Å². The summed E-state index contributed by atoms with van der Waals surface area (Å²) in [6, 6.07) is 0. The normalized spacial score (nSPS) is 9.65. The van der Waals surface area contributed by atoms with Crippen LogP contribution in [0.4, 0.5) is 0 Å². The highest BCUT2D eigenvalue weighted by Crippen LogP contribution is 1.75. The van der Waals surface area contributed by atoms with Crippen molar-refractivity contribution in [3.8, 4) is 0 Å². The predicted octanol–water partition coefficient (Wildman–Crippen LogP) is -1.73. The van der Waals surface area contributed by atoms with Crippen LogP contribution in [0.1, 0.15) is 0 Å². The van der Waals surface area contributed by atoms with Gasteiger partial charge in [-0.25, -0.2) is 0 Å². The summed E-state index contributed by atoms with van der Waals surface area (Å²) in [5.41, 5.74) is 0. The SMILES string of the molecule is COCCOCCOC.OCCOCCO.OCCOCCO. The van der Waals surface area contributed by atoms with Gasteiger partial charge in [0.05, 0.1) is 79.3 Å². The van der Waals surface area contributed by atoms with Gasteiger partial charge in [-0.3, -0.25) is 0 Å². The first kappa shape index (κ1) is 27.5. The first-order chi connectivity index (χ1) is 11.2. The number of hydrogen-bond donors (Lipinski definition) is 4. The Morgan fingerprint density at radius 3 is 0.913 bits per heavy atom. The summed E-state index contributed by atoms with van der Waals surface area (Å²) in [5.74, 6) is 0. The minimum atomic E-state index is 0.0278. The first-order valence-corrected chi connectivity index (χ1v) is 7.39. The Balaban J connectivity index is -0.000000264. The zero-order valence-electron chi connectivity index (χ0n) is 14.3. The fraction of sp³-hybridized carbons (Fsp3) is 1.00. The molecule has 0 rings (SSSR count). The molecule has 9 heteroatoms. The molecule has 0 unspecified atom stereocenters. The zero-order chi connectivity index (χ0) is 18.0. The number of ether oxygens (including phenoxy) is 5. The van der Waals surface area contributed by atoms with Crippen molar-refractivity contribution in [1.82, 2.24) is 0 Å². The van der Waals surface area contributed by atoms with Crippen molar-refractivity contribution in [1.29, 1.82) is 0 Å². The molecule has 0 aromatic heterocycles. The molecule has 9 nitrogen and oxygen atoms in total. The molecular formula is C14H34O9. The van der Waals surface area contributed by atoms with E-state index in [2.05, 4.69) is 9.47 Å². The summed E-state index contributed by atoms with van der Waals surface area (Å²) < 4.78 is 23.8. The first-order valence-electron chi connectivity index (χ1n) is 7.39. The largest absolute Gasteiger partial charge is 0.394 e. The average Bonchev–Trinajstić information content (AvgIpc) is 2.57. The fourth-order valence-corrected chi connectivity index (χ4v) is 0.849. The van der Waals surface area contributed by atoms with Crippen LogP contribution in [0, 0.1) is 0 Å². The molecule has 0 heterocycles. The van der Waals surface area contributed by atoms with E-state index in [1.54, 1.807) is 14.2 Å². The van der Waals surface area contributed by atoms with E-state index < -0.39 is 0 Å². The number of aliphatic hydroxyl groups excluding tert-OH is 4. The highest BCUT2D eigenvalue weighted by atomic mass is 16.5. The predicted molar refractivity (Wildman–Crippen MR) is 84.6 cm³/mol. The van der Waals surface area contributed by atoms with E-state index in [9.17, 15) is 0 Å². The van der Waals surface area contributed by atoms with E-state index in [-0.39, 0.29) is 26.4 Å². The van der Waals surface area contributed by atoms with Gasteiger partial charge < -0.3 is 44.1 Å². The third-order valence-corrected chi connectivity index (χ3v) is 1.81. The van der Waals surface area contributed by atoms with Crippen LogP contribution in [-0.2, 0) is 23.7 Å². The quantitative estimate of drug-likeness (QED) is 0.271. The number of hydrogen-bond acceptors (Lipinski definition) is 9. The Morgan fingerprint density at radius 2 is 0.696 bits per heavy atom. The van der Waals surface area contributed by atoms with Crippen LogP contribution in [0.2, 0.25) is 0 Å². The van der Waals surface area contributed by atoms with Gasteiger partial charge in [-0.15, -0.1) is 0 Å². The summed E-state index contributed by atoms with van der Waals surface area (Å²) in [5, 5.41) is 32.3. The molecule has 0 fully saturated rings. The monoisotopic (exact) mass is 346 g/mol. The lowest BCUT2D eigenvalue weighted by molar-refractivity contribution is 0.0385. The number of methoxy groups -OCH3 is 2. The molecule has 0 spiro atoms. The summed E-state index contributed by atoms with van der Waals surface area (Å²) in [6.07, 6.45) is 0. The second kappa shape index (κ2) is 33.3. The van der Waals surface area contributed by atoms with Gasteiger partial charge in [-0.05, 0) is 0 Å². The summed E-state index contributed by atoms with van der Waals surface area (Å²) >= 11 is 0. The number of rotatable bonds is 14. The number of aliphatic hydroxyl groups is 4. The van der Waals surface area contributed by atoms with Crippen LogP contribution in [0.3, 0.4) is 0 Å². The average molecular weight is 346 g/mol. The van der Waals surface area contributed by atoms with Crippen molar-refractivity contribution in [2.75, 3.05) is 93.5 Å². The van der Waals surface area contributed by atoms with Gasteiger partial charge in [-0.1, -0.05) is 0 Å². The maximum absolute atomic E-state index is 8.09. The molecule has 0 saturated carbocycles. The van der Waals surface area contributed by atoms with Gasteiger partial charge >= 0.3 is 0 Å². The van der Waals surface area contributed by atoms with Gasteiger partial charge in [0.1, 0.15) is 0 Å². The van der Waals surface area contributed by atoms with Gasteiger partial charge in [0.15, 0.2) is 0 Å². The lowest BCUT2D eigenvalue weighted by atomic mass is 10.7. The minimum Gasteiger partial charge on any atom is -0.394 e. The fourth-order valence-electron chi connectivity index (χ4n) is 0.849. The summed E-state index contributed by atoms with van der Waals surface area (Å²) in [6.45, 7) is 4.01. The summed E-state index contributed by atoms with van der Waals surface area (Å²) in [7, 11) is 3.30. The van der Waals surface area contributed by atoms with Crippen molar-refractivity contribution in [3.63, 3.8) is 0 Å². The lowest BCUT2D eigenvalue weighted by Crippen LogP contribution is -2.06. The van der Waals surface area contributed by atoms with Crippen molar-refractivity contribution >= 4 is 0 Å². The van der Waals surface area contributed by atoms with Gasteiger partial charge in [0.2, 0.25) is 0 Å². The minimum absolute atomic E-state index is 0.0278. The van der Waals surface area contributed by atoms with Crippen molar-refractivity contribution in [3.05, 3.63) is 0 Å². The molecule has 0 aromatic rings. The lowest BCUT2D eigenvalue weighted by Gasteiger charge is -2.00. The molecule has 4 N–H and O–H groups in total. The molecule has 0 aliphatic heterocycles. The van der Waals surface area contributed by atoms with Gasteiger partial charge in [0, 0.05) is 14.2 Å². The van der Waals surface area contributed by atoms with Crippen molar-refractivity contribution < 1.29 is 44.1 Å². The Hall–Kier alpha value is -0.360. The molecule has 144 valence electrons. The topological polar surface area (TPSA) is 127 Å². The smallest absolute Gasteiger partial charge is 0.0701 e. The molecule has 23 heavy (non-hydrogen) atoms. The van der Waals surface area contributed by atoms with Crippen LogP contribution in [0.25, 0.3) is 0 Å². The van der Waals surface area contributed by atoms with Crippen LogP contribution < -0.4 is 0 Å². The maximum atomic E-state index is 8.09. The zero-order valence-corrected chi connectivity index (χ0v) is 14.3. The van der Waals surface area contributed by atoms with E-state index >= 15 is 0 Å². The molecule has 0 amide bonds. The maximum Gasteiger partial charge on any atom is 0.0701 e. The molecule has 0 saturated heterocycles. The second-order valence-corrected chi connectivity index (χ2v) is 3.72. The third kappa shape index (κ3) is 44.9. The van der Waals surface area contributed by atoms with E-state index in [1.807, 2.05) is 0 Å². The van der Waals surface area contributed by atoms with Crippen LogP contribution in [-0.4, -0.2) is 114 Å². The molecular weight excluding hydrogens is 312 g/mol. The molecule has 0 aliphatic rings. The molecule has 0 aromatic carbocycles. The molecule has 0 atom stereocenters. The van der Waals surface area contributed by atoms with Crippen LogP contribution in [0.5, 0.6) is 0 Å². The van der Waals surface area contributed by atoms with E-state index in [0.717, 1.165) is 0 Å². The van der Waals surface area contributed by atoms with E-state index in [0.29, 0.717) is 52.9 Å². The van der Waals surface area contributed by atoms with Gasteiger partial charge in [-0.2, -0.15) is 0 Å². The highest BCUT2D eigenvalue weighted by molar-refractivity contribution is 4.28. The Morgan fingerprint density at radius 1 is 0.435 bits per heavy atom. The third-order valence-electron chi connectivity index (χ3n) is 1.81. The summed E-state index contributed by atoms with van der Waals surface area (Å²) in [4.78, 5) is 0. The molecule has 0 bridgehead atoms. The van der Waals surface area contributed by atoms with Crippen molar-refractivity contribution in [2.24, 2.45) is 0 Å². The second-order valence-electron chi connectivity index (χ2n) is 3.72. The Bertz CT molecular complexity index is 137. The van der Waals surface area contributed by atoms with Gasteiger partial charge in [0.25, 0.3) is 0 Å². The standard InChI is InChI=1S/C6H14O3.2C4H10O3/c1-7-3-5-9-6-4-8-2;2*5-1-3-7-4-2-6/h3-6H2,1-2H3;2*5-6H,1-4H2. The van der Waals surface area contributed by atoms with Crippen LogP contribution in [0.15, 0.2) is 0 Å². The van der Waals surface area contributed by atoms with E-state index in [1.165, 1.54) is 0 Å². The van der Waals surface area contributed by atoms with Crippen molar-refractivity contribution in [2.45, 2.75) is 0 Å². The molecule has 0 aliphatic carbocycles.